The molecule has 0 saturated heterocycles. The van der Waals surface area contributed by atoms with E-state index in [0.29, 0.717) is 0 Å². The zero-order chi connectivity index (χ0) is 14.2. The van der Waals surface area contributed by atoms with Crippen LogP contribution in [0, 0.1) is 0 Å². The van der Waals surface area contributed by atoms with Gasteiger partial charge < -0.3 is 10.0 Å². The van der Waals surface area contributed by atoms with E-state index in [4.69, 9.17) is 5.11 Å². The van der Waals surface area contributed by atoms with Gasteiger partial charge >= 0.3 is 11.7 Å². The first-order valence-electron chi connectivity index (χ1n) is 6.04. The van der Waals surface area contributed by atoms with E-state index < -0.39 is 17.2 Å². The summed E-state index contributed by atoms with van der Waals surface area (Å²) in [6.07, 6.45) is 1.75. The van der Waals surface area contributed by atoms with Gasteiger partial charge in [0.15, 0.2) is 0 Å². The summed E-state index contributed by atoms with van der Waals surface area (Å²) in [6.45, 7) is 0.223. The van der Waals surface area contributed by atoms with E-state index >= 15 is 0 Å². The van der Waals surface area contributed by atoms with E-state index in [1.807, 2.05) is 0 Å². The maximum atomic E-state index is 12.1. The molecule has 8 nitrogen and oxygen atoms in total. The van der Waals surface area contributed by atoms with Gasteiger partial charge in [0.05, 0.1) is 6.42 Å². The molecular formula is C11H16N4O4. The molecule has 0 radical (unpaired) electrons. The largest absolute Gasteiger partial charge is 0.481 e. The molecule has 0 aromatic carbocycles. The molecule has 19 heavy (non-hydrogen) atoms. The van der Waals surface area contributed by atoms with Gasteiger partial charge in [0.2, 0.25) is 5.82 Å². The van der Waals surface area contributed by atoms with E-state index in [1.165, 1.54) is 14.1 Å². The number of carboxylic acids is 1. The molecule has 1 N–H and O–H groups in total. The van der Waals surface area contributed by atoms with Gasteiger partial charge in [0.1, 0.15) is 0 Å². The highest BCUT2D eigenvalue weighted by Gasteiger charge is 2.32. The number of aryl methyl sites for hydroxylation is 1. The first-order valence-corrected chi connectivity index (χ1v) is 6.04. The SMILES string of the molecule is Cn1nc(N(CCC(=O)O)C2CC2)c(=O)n(C)c1=O. The predicted molar refractivity (Wildman–Crippen MR) is 67.3 cm³/mol. The summed E-state index contributed by atoms with van der Waals surface area (Å²) in [5.41, 5.74) is -0.983. The van der Waals surface area contributed by atoms with Gasteiger partial charge in [-0.05, 0) is 12.8 Å². The fourth-order valence-corrected chi connectivity index (χ4v) is 1.93. The molecule has 0 unspecified atom stereocenters. The number of carbonyl (C=O) groups is 1. The van der Waals surface area contributed by atoms with Crippen molar-refractivity contribution >= 4 is 11.8 Å². The van der Waals surface area contributed by atoms with E-state index in [-0.39, 0.29) is 24.8 Å². The van der Waals surface area contributed by atoms with Gasteiger partial charge in [0.25, 0.3) is 5.56 Å². The third kappa shape index (κ3) is 2.67. The van der Waals surface area contributed by atoms with Crippen LogP contribution in [0.25, 0.3) is 0 Å². The van der Waals surface area contributed by atoms with Crippen LogP contribution >= 0.6 is 0 Å². The van der Waals surface area contributed by atoms with Crippen LogP contribution in [0.4, 0.5) is 5.82 Å². The van der Waals surface area contributed by atoms with Gasteiger partial charge in [0, 0.05) is 26.7 Å². The average Bonchev–Trinajstić information content (AvgIpc) is 3.17. The van der Waals surface area contributed by atoms with Gasteiger partial charge in [-0.1, -0.05) is 0 Å². The summed E-state index contributed by atoms with van der Waals surface area (Å²) in [4.78, 5) is 36.0. The summed E-state index contributed by atoms with van der Waals surface area (Å²) in [5.74, 6) is -0.777. The van der Waals surface area contributed by atoms with Crippen LogP contribution in [-0.2, 0) is 18.9 Å². The molecular weight excluding hydrogens is 252 g/mol. The van der Waals surface area contributed by atoms with Crippen molar-refractivity contribution in [3.63, 3.8) is 0 Å². The molecule has 1 fully saturated rings. The van der Waals surface area contributed by atoms with Crippen molar-refractivity contribution in [2.75, 3.05) is 11.4 Å². The smallest absolute Gasteiger partial charge is 0.346 e. The number of hydrogen-bond acceptors (Lipinski definition) is 5. The summed E-state index contributed by atoms with van der Waals surface area (Å²) in [7, 11) is 2.85. The number of anilines is 1. The first kappa shape index (κ1) is 13.3. The van der Waals surface area contributed by atoms with Crippen LogP contribution in [0.1, 0.15) is 19.3 Å². The third-order valence-electron chi connectivity index (χ3n) is 3.13. The Hall–Kier alpha value is -2.12. The topological polar surface area (TPSA) is 97.4 Å². The van der Waals surface area contributed by atoms with Crippen molar-refractivity contribution in [2.24, 2.45) is 14.1 Å². The standard InChI is InChI=1S/C11H16N4O4/c1-13-10(18)9(12-14(2)11(13)19)15(7-3-4-7)6-5-8(16)17/h7H,3-6H2,1-2H3,(H,16,17). The molecule has 0 bridgehead atoms. The highest BCUT2D eigenvalue weighted by atomic mass is 16.4. The summed E-state index contributed by atoms with van der Waals surface area (Å²) < 4.78 is 2.07. The summed E-state index contributed by atoms with van der Waals surface area (Å²) >= 11 is 0. The van der Waals surface area contributed by atoms with Crippen molar-refractivity contribution < 1.29 is 9.90 Å². The molecule has 0 atom stereocenters. The second-order valence-corrected chi connectivity index (χ2v) is 4.66. The Labute approximate surface area is 108 Å². The Morgan fingerprint density at radius 1 is 1.42 bits per heavy atom. The molecule has 1 saturated carbocycles. The molecule has 104 valence electrons. The minimum absolute atomic E-state index is 0.0653. The van der Waals surface area contributed by atoms with Gasteiger partial charge in [-0.3, -0.25) is 14.2 Å². The lowest BCUT2D eigenvalue weighted by Gasteiger charge is -2.22. The number of nitrogens with zero attached hydrogens (tertiary/aromatic N) is 4. The lowest BCUT2D eigenvalue weighted by atomic mass is 10.3. The second kappa shape index (κ2) is 4.87. The highest BCUT2D eigenvalue weighted by Crippen LogP contribution is 2.28. The van der Waals surface area contributed by atoms with Crippen LogP contribution in [0.5, 0.6) is 0 Å². The quantitative estimate of drug-likeness (QED) is 0.729. The minimum Gasteiger partial charge on any atom is -0.481 e. The normalized spacial score (nSPS) is 14.4. The highest BCUT2D eigenvalue weighted by molar-refractivity contribution is 5.67. The number of aliphatic carboxylic acids is 1. The van der Waals surface area contributed by atoms with E-state index in [0.717, 1.165) is 22.1 Å². The number of aromatic nitrogens is 3. The lowest BCUT2D eigenvalue weighted by molar-refractivity contribution is -0.136. The van der Waals surface area contributed by atoms with Gasteiger partial charge in [-0.25, -0.2) is 9.48 Å². The Bertz CT molecular complexity index is 614. The van der Waals surface area contributed by atoms with Crippen LogP contribution in [0.2, 0.25) is 0 Å². The van der Waals surface area contributed by atoms with Crippen molar-refractivity contribution in [3.8, 4) is 0 Å². The van der Waals surface area contributed by atoms with Crippen molar-refractivity contribution in [1.29, 1.82) is 0 Å². The maximum Gasteiger partial charge on any atom is 0.346 e. The van der Waals surface area contributed by atoms with Crippen LogP contribution < -0.4 is 16.1 Å². The fourth-order valence-electron chi connectivity index (χ4n) is 1.93. The Balaban J connectivity index is 2.39. The fraction of sp³-hybridized carbons (Fsp3) is 0.636. The molecule has 2 rings (SSSR count). The first-order chi connectivity index (χ1) is 8.91. The number of hydrogen-bond donors (Lipinski definition) is 1. The van der Waals surface area contributed by atoms with E-state index in [2.05, 4.69) is 5.10 Å². The Morgan fingerprint density at radius 3 is 2.58 bits per heavy atom. The van der Waals surface area contributed by atoms with Crippen molar-refractivity contribution in [2.45, 2.75) is 25.3 Å². The predicted octanol–water partition coefficient (Wildman–Crippen LogP) is -1.08. The number of carboxylic acid groups (broad SMARTS) is 1. The van der Waals surface area contributed by atoms with Gasteiger partial charge in [-0.15, -0.1) is 5.10 Å². The summed E-state index contributed by atoms with van der Waals surface area (Å²) in [5, 5.41) is 12.7. The molecule has 0 spiro atoms. The molecule has 0 amide bonds. The lowest BCUT2D eigenvalue weighted by Crippen LogP contribution is -2.44. The monoisotopic (exact) mass is 268 g/mol. The van der Waals surface area contributed by atoms with E-state index in [1.54, 1.807) is 4.90 Å². The van der Waals surface area contributed by atoms with E-state index in [9.17, 15) is 14.4 Å². The molecule has 1 heterocycles. The summed E-state index contributed by atoms with van der Waals surface area (Å²) in [6, 6.07) is 0.150. The zero-order valence-corrected chi connectivity index (χ0v) is 10.9. The number of rotatable bonds is 5. The second-order valence-electron chi connectivity index (χ2n) is 4.66. The van der Waals surface area contributed by atoms with Crippen LogP contribution in [0.15, 0.2) is 9.59 Å². The molecule has 1 aromatic rings. The molecule has 0 aliphatic heterocycles. The third-order valence-corrected chi connectivity index (χ3v) is 3.13. The van der Waals surface area contributed by atoms with Gasteiger partial charge in [-0.2, -0.15) is 0 Å². The zero-order valence-electron chi connectivity index (χ0n) is 10.9. The maximum absolute atomic E-state index is 12.1. The molecule has 1 aliphatic carbocycles. The minimum atomic E-state index is -0.924. The Kier molecular flexibility index (Phi) is 3.41. The molecule has 8 heteroatoms. The molecule has 1 aliphatic rings. The Morgan fingerprint density at radius 2 is 2.05 bits per heavy atom. The van der Waals surface area contributed by atoms with Crippen molar-refractivity contribution in [1.82, 2.24) is 14.3 Å². The van der Waals surface area contributed by atoms with Crippen molar-refractivity contribution in [3.05, 3.63) is 20.8 Å². The molecule has 1 aromatic heterocycles. The van der Waals surface area contributed by atoms with Crippen LogP contribution in [-0.4, -0.2) is 38.0 Å². The van der Waals surface area contributed by atoms with Crippen LogP contribution in [0.3, 0.4) is 0 Å². The average molecular weight is 268 g/mol.